The maximum absolute atomic E-state index is 5.96. The zero-order valence-electron chi connectivity index (χ0n) is 15.7. The van der Waals surface area contributed by atoms with Crippen LogP contribution in [0.5, 0.6) is 11.5 Å². The lowest BCUT2D eigenvalue weighted by Crippen LogP contribution is -2.40. The molecule has 0 amide bonds. The van der Waals surface area contributed by atoms with E-state index in [1.807, 2.05) is 42.5 Å². The summed E-state index contributed by atoms with van der Waals surface area (Å²) in [5.74, 6) is 1.49. The molecule has 0 radical (unpaired) electrons. The molecule has 1 N–H and O–H groups in total. The molecule has 1 fully saturated rings. The van der Waals surface area contributed by atoms with Gasteiger partial charge in [-0.3, -0.25) is 4.90 Å². The molecule has 0 saturated carbocycles. The van der Waals surface area contributed by atoms with E-state index >= 15 is 0 Å². The van der Waals surface area contributed by atoms with E-state index in [1.165, 1.54) is 0 Å². The van der Waals surface area contributed by atoms with Crippen molar-refractivity contribution >= 4 is 15.9 Å². The molecule has 6 heteroatoms. The average molecular weight is 435 g/mol. The van der Waals surface area contributed by atoms with Crippen LogP contribution in [0.15, 0.2) is 46.9 Å². The second-order valence-corrected chi connectivity index (χ2v) is 7.35. The van der Waals surface area contributed by atoms with E-state index in [2.05, 4.69) is 26.1 Å². The summed E-state index contributed by atoms with van der Waals surface area (Å²) in [5.41, 5.74) is 2.28. The topological polar surface area (TPSA) is 43.0 Å². The van der Waals surface area contributed by atoms with Crippen molar-refractivity contribution in [3.8, 4) is 11.5 Å². The SMILES string of the molecule is COc1cc(CNCCN2CCOCC2)c(Br)cc1OCc1ccccc1. The molecule has 1 saturated heterocycles. The fraction of sp³-hybridized carbons (Fsp3) is 0.429. The summed E-state index contributed by atoms with van der Waals surface area (Å²) < 4.78 is 17.9. The summed E-state index contributed by atoms with van der Waals surface area (Å²) in [7, 11) is 1.67. The third-order valence-corrected chi connectivity index (χ3v) is 5.33. The van der Waals surface area contributed by atoms with Crippen LogP contribution in [0, 0.1) is 0 Å². The van der Waals surface area contributed by atoms with Crippen molar-refractivity contribution in [2.75, 3.05) is 46.5 Å². The highest BCUT2D eigenvalue weighted by molar-refractivity contribution is 9.10. The number of nitrogens with one attached hydrogen (secondary N) is 1. The van der Waals surface area contributed by atoms with Crippen LogP contribution in [0.4, 0.5) is 0 Å². The number of methoxy groups -OCH3 is 1. The molecular weight excluding hydrogens is 408 g/mol. The number of halogens is 1. The summed E-state index contributed by atoms with van der Waals surface area (Å²) in [6, 6.07) is 14.1. The Morgan fingerprint density at radius 2 is 1.89 bits per heavy atom. The van der Waals surface area contributed by atoms with Gasteiger partial charge in [0.1, 0.15) is 6.61 Å². The predicted molar refractivity (Wildman–Crippen MR) is 110 cm³/mol. The van der Waals surface area contributed by atoms with Crippen LogP contribution < -0.4 is 14.8 Å². The molecule has 1 aliphatic heterocycles. The molecule has 0 atom stereocenters. The average Bonchev–Trinajstić information content (AvgIpc) is 2.72. The molecule has 2 aromatic carbocycles. The Labute approximate surface area is 169 Å². The van der Waals surface area contributed by atoms with Crippen molar-refractivity contribution in [3.05, 3.63) is 58.1 Å². The first-order valence-corrected chi connectivity index (χ1v) is 10.1. The van der Waals surface area contributed by atoms with Gasteiger partial charge in [0.15, 0.2) is 11.5 Å². The Balaban J connectivity index is 1.53. The van der Waals surface area contributed by atoms with Crippen molar-refractivity contribution in [3.63, 3.8) is 0 Å². The molecule has 0 aliphatic carbocycles. The van der Waals surface area contributed by atoms with Gasteiger partial charge >= 0.3 is 0 Å². The molecule has 3 rings (SSSR count). The van der Waals surface area contributed by atoms with Gasteiger partial charge in [0.2, 0.25) is 0 Å². The van der Waals surface area contributed by atoms with Crippen LogP contribution in [-0.4, -0.2) is 51.4 Å². The van der Waals surface area contributed by atoms with Crippen LogP contribution in [0.3, 0.4) is 0 Å². The standard InChI is InChI=1S/C21H27BrN2O3/c1-25-20-13-18(15-23-7-8-24-9-11-26-12-10-24)19(22)14-21(20)27-16-17-5-3-2-4-6-17/h2-6,13-14,23H,7-12,15-16H2,1H3. The van der Waals surface area contributed by atoms with Crippen LogP contribution in [0.1, 0.15) is 11.1 Å². The minimum atomic E-state index is 0.515. The Morgan fingerprint density at radius 1 is 1.11 bits per heavy atom. The van der Waals surface area contributed by atoms with Crippen molar-refractivity contribution in [1.29, 1.82) is 0 Å². The molecule has 0 spiro atoms. The lowest BCUT2D eigenvalue weighted by molar-refractivity contribution is 0.0384. The van der Waals surface area contributed by atoms with Crippen LogP contribution >= 0.6 is 15.9 Å². The Hall–Kier alpha value is -1.60. The van der Waals surface area contributed by atoms with Gasteiger partial charge in [-0.25, -0.2) is 0 Å². The Bertz CT molecular complexity index is 706. The number of morpholine rings is 1. The lowest BCUT2D eigenvalue weighted by atomic mass is 10.2. The van der Waals surface area contributed by atoms with Crippen molar-refractivity contribution in [1.82, 2.24) is 10.2 Å². The van der Waals surface area contributed by atoms with Crippen LogP contribution in [0.2, 0.25) is 0 Å². The second-order valence-electron chi connectivity index (χ2n) is 6.50. The van der Waals surface area contributed by atoms with Gasteiger partial charge in [-0.2, -0.15) is 0 Å². The molecule has 5 nitrogen and oxygen atoms in total. The monoisotopic (exact) mass is 434 g/mol. The van der Waals surface area contributed by atoms with Gasteiger partial charge < -0.3 is 19.5 Å². The van der Waals surface area contributed by atoms with E-state index in [-0.39, 0.29) is 0 Å². The quantitative estimate of drug-likeness (QED) is 0.612. The molecular formula is C21H27BrN2O3. The number of benzene rings is 2. The largest absolute Gasteiger partial charge is 0.493 e. The first kappa shape index (κ1) is 20.1. The summed E-state index contributed by atoms with van der Waals surface area (Å²) in [5, 5.41) is 3.51. The number of ether oxygens (including phenoxy) is 3. The van der Waals surface area contributed by atoms with E-state index in [0.29, 0.717) is 6.61 Å². The van der Waals surface area contributed by atoms with E-state index < -0.39 is 0 Å². The molecule has 0 bridgehead atoms. The van der Waals surface area contributed by atoms with E-state index in [0.717, 1.165) is 73.0 Å². The van der Waals surface area contributed by atoms with E-state index in [1.54, 1.807) is 7.11 Å². The summed E-state index contributed by atoms with van der Waals surface area (Å²) >= 11 is 3.66. The molecule has 1 heterocycles. The molecule has 27 heavy (non-hydrogen) atoms. The Morgan fingerprint density at radius 3 is 2.63 bits per heavy atom. The van der Waals surface area contributed by atoms with Gasteiger partial charge in [-0.1, -0.05) is 46.3 Å². The molecule has 0 unspecified atom stereocenters. The maximum Gasteiger partial charge on any atom is 0.162 e. The zero-order chi connectivity index (χ0) is 18.9. The van der Waals surface area contributed by atoms with Gasteiger partial charge in [0, 0.05) is 37.2 Å². The van der Waals surface area contributed by atoms with Gasteiger partial charge in [-0.05, 0) is 23.3 Å². The zero-order valence-corrected chi connectivity index (χ0v) is 17.3. The number of hydrogen-bond acceptors (Lipinski definition) is 5. The number of rotatable bonds is 9. The normalized spacial score (nSPS) is 14.9. The van der Waals surface area contributed by atoms with Crippen LogP contribution in [-0.2, 0) is 17.9 Å². The Kier molecular flexibility index (Phi) is 7.95. The highest BCUT2D eigenvalue weighted by atomic mass is 79.9. The fourth-order valence-electron chi connectivity index (χ4n) is 3.01. The van der Waals surface area contributed by atoms with Crippen molar-refractivity contribution in [2.24, 2.45) is 0 Å². The van der Waals surface area contributed by atoms with Gasteiger partial charge in [0.25, 0.3) is 0 Å². The fourth-order valence-corrected chi connectivity index (χ4v) is 3.47. The molecule has 146 valence electrons. The maximum atomic E-state index is 5.96. The summed E-state index contributed by atoms with van der Waals surface area (Å²) in [6.07, 6.45) is 0. The first-order chi connectivity index (χ1) is 13.3. The highest BCUT2D eigenvalue weighted by Gasteiger charge is 2.12. The molecule has 1 aliphatic rings. The highest BCUT2D eigenvalue weighted by Crippen LogP contribution is 2.34. The minimum absolute atomic E-state index is 0.515. The minimum Gasteiger partial charge on any atom is -0.493 e. The number of nitrogens with zero attached hydrogens (tertiary/aromatic N) is 1. The molecule has 2 aromatic rings. The third-order valence-electron chi connectivity index (χ3n) is 4.59. The van der Waals surface area contributed by atoms with Gasteiger partial charge in [-0.15, -0.1) is 0 Å². The first-order valence-electron chi connectivity index (χ1n) is 9.30. The van der Waals surface area contributed by atoms with E-state index in [9.17, 15) is 0 Å². The van der Waals surface area contributed by atoms with E-state index in [4.69, 9.17) is 14.2 Å². The smallest absolute Gasteiger partial charge is 0.162 e. The third kappa shape index (κ3) is 6.21. The lowest BCUT2D eigenvalue weighted by Gasteiger charge is -2.26. The van der Waals surface area contributed by atoms with Crippen molar-refractivity contribution in [2.45, 2.75) is 13.2 Å². The summed E-state index contributed by atoms with van der Waals surface area (Å²) in [4.78, 5) is 2.42. The molecule has 0 aromatic heterocycles. The van der Waals surface area contributed by atoms with Crippen molar-refractivity contribution < 1.29 is 14.2 Å². The number of hydrogen-bond donors (Lipinski definition) is 1. The second kappa shape index (κ2) is 10.7. The summed E-state index contributed by atoms with van der Waals surface area (Å²) in [6.45, 7) is 7.00. The van der Waals surface area contributed by atoms with Gasteiger partial charge in [0.05, 0.1) is 20.3 Å². The predicted octanol–water partition coefficient (Wildman–Crippen LogP) is 3.46. The van der Waals surface area contributed by atoms with Crippen LogP contribution in [0.25, 0.3) is 0 Å².